The van der Waals surface area contributed by atoms with Gasteiger partial charge in [-0.1, -0.05) is 45.1 Å². The van der Waals surface area contributed by atoms with Gasteiger partial charge < -0.3 is 10.5 Å². The number of aromatic nitrogens is 2. The highest BCUT2D eigenvalue weighted by atomic mass is 35.5. The Kier molecular flexibility index (Phi) is 7.45. The van der Waals surface area contributed by atoms with Gasteiger partial charge in [0.25, 0.3) is 0 Å². The molecule has 0 atom stereocenters. The van der Waals surface area contributed by atoms with Gasteiger partial charge in [-0.2, -0.15) is 0 Å². The highest BCUT2D eigenvalue weighted by molar-refractivity contribution is 6.28. The van der Waals surface area contributed by atoms with Crippen LogP contribution in [0.2, 0.25) is 5.28 Å². The summed E-state index contributed by atoms with van der Waals surface area (Å²) in [6.45, 7) is 7.18. The van der Waals surface area contributed by atoms with Gasteiger partial charge in [0, 0.05) is 24.1 Å². The molecule has 0 bridgehead atoms. The van der Waals surface area contributed by atoms with Crippen molar-refractivity contribution in [3.63, 3.8) is 0 Å². The number of anilines is 1. The summed E-state index contributed by atoms with van der Waals surface area (Å²) in [6, 6.07) is 5.66. The average molecular weight is 364 g/mol. The van der Waals surface area contributed by atoms with Crippen molar-refractivity contribution in [3.8, 4) is 0 Å². The number of benzene rings is 1. The first-order valence-electron chi connectivity index (χ1n) is 9.27. The Bertz CT molecular complexity index is 688. The zero-order chi connectivity index (χ0) is 18.3. The van der Waals surface area contributed by atoms with Crippen LogP contribution < -0.4 is 5.73 Å². The molecule has 0 saturated carbocycles. The fourth-order valence-corrected chi connectivity index (χ4v) is 3.26. The molecule has 0 aliphatic carbocycles. The van der Waals surface area contributed by atoms with E-state index in [9.17, 15) is 0 Å². The van der Waals surface area contributed by atoms with Crippen molar-refractivity contribution >= 4 is 28.2 Å². The lowest BCUT2D eigenvalue weighted by Crippen LogP contribution is -2.28. The van der Waals surface area contributed by atoms with Gasteiger partial charge in [0.1, 0.15) is 0 Å². The number of fused-ring (bicyclic) bond motifs is 1. The minimum Gasteiger partial charge on any atom is -0.398 e. The lowest BCUT2D eigenvalue weighted by Gasteiger charge is -2.26. The van der Waals surface area contributed by atoms with Gasteiger partial charge in [-0.25, -0.2) is 9.97 Å². The Labute approximate surface area is 156 Å². The van der Waals surface area contributed by atoms with E-state index < -0.39 is 0 Å². The Hall–Kier alpha value is -1.39. The summed E-state index contributed by atoms with van der Waals surface area (Å²) in [5, 5.41) is 1.13. The molecule has 25 heavy (non-hydrogen) atoms. The molecule has 0 aliphatic heterocycles. The normalized spacial score (nSPS) is 12.0. The summed E-state index contributed by atoms with van der Waals surface area (Å²) in [6.07, 6.45) is 8.20. The predicted octanol–water partition coefficient (Wildman–Crippen LogP) is 5.56. The van der Waals surface area contributed by atoms with E-state index in [0.29, 0.717) is 12.1 Å². The second-order valence-electron chi connectivity index (χ2n) is 7.23. The third-order valence-electron chi connectivity index (χ3n) is 4.39. The van der Waals surface area contributed by atoms with E-state index in [-0.39, 0.29) is 10.9 Å². The molecule has 0 unspecified atom stereocenters. The summed E-state index contributed by atoms with van der Waals surface area (Å²) in [5.41, 5.74) is 8.12. The number of nitrogens with zero attached hydrogens (tertiary/aromatic N) is 2. The zero-order valence-corrected chi connectivity index (χ0v) is 16.4. The van der Waals surface area contributed by atoms with Crippen LogP contribution in [-0.2, 0) is 11.2 Å². The van der Waals surface area contributed by atoms with Crippen LogP contribution in [0.25, 0.3) is 10.9 Å². The molecule has 1 aromatic heterocycles. The molecule has 138 valence electrons. The van der Waals surface area contributed by atoms with Gasteiger partial charge in [-0.15, -0.1) is 0 Å². The minimum absolute atomic E-state index is 0.250. The largest absolute Gasteiger partial charge is 0.398 e. The van der Waals surface area contributed by atoms with Gasteiger partial charge in [-0.3, -0.25) is 0 Å². The van der Waals surface area contributed by atoms with Crippen LogP contribution in [0.1, 0.15) is 65.0 Å². The Morgan fingerprint density at radius 2 is 1.80 bits per heavy atom. The molecular weight excluding hydrogens is 334 g/mol. The fraction of sp³-hybridized carbons (Fsp3) is 0.600. The van der Waals surface area contributed by atoms with Crippen molar-refractivity contribution in [2.75, 3.05) is 12.3 Å². The number of halogens is 1. The maximum absolute atomic E-state index is 6.14. The quantitative estimate of drug-likeness (QED) is 0.341. The molecule has 0 spiro atoms. The first kappa shape index (κ1) is 19.9. The van der Waals surface area contributed by atoms with Gasteiger partial charge in [0.05, 0.1) is 16.8 Å². The number of hydrogen-bond donors (Lipinski definition) is 1. The van der Waals surface area contributed by atoms with E-state index in [1.807, 2.05) is 18.2 Å². The molecule has 5 heteroatoms. The van der Waals surface area contributed by atoms with Crippen molar-refractivity contribution in [3.05, 3.63) is 29.2 Å². The van der Waals surface area contributed by atoms with Crippen LogP contribution in [0.3, 0.4) is 0 Å². The fourth-order valence-electron chi connectivity index (χ4n) is 3.07. The monoisotopic (exact) mass is 363 g/mol. The van der Waals surface area contributed by atoms with Gasteiger partial charge in [0.2, 0.25) is 5.28 Å². The highest BCUT2D eigenvalue weighted by Crippen LogP contribution is 2.28. The maximum atomic E-state index is 6.14. The lowest BCUT2D eigenvalue weighted by molar-refractivity contribution is -0.0191. The van der Waals surface area contributed by atoms with Gasteiger partial charge >= 0.3 is 0 Å². The molecule has 2 aromatic rings. The van der Waals surface area contributed by atoms with E-state index in [1.165, 1.54) is 32.1 Å². The molecule has 0 fully saturated rings. The van der Waals surface area contributed by atoms with E-state index in [4.69, 9.17) is 22.1 Å². The van der Waals surface area contributed by atoms with Gasteiger partial charge in [-0.05, 0) is 44.0 Å². The van der Waals surface area contributed by atoms with E-state index in [0.717, 1.165) is 29.6 Å². The summed E-state index contributed by atoms with van der Waals surface area (Å²) < 4.78 is 6.12. The standard InChI is InChI=1S/C20H30ClN3O/c1-4-5-6-7-8-9-13-25-20(2,3)14-17-18-15(22)11-10-12-16(18)23-19(21)24-17/h10-12H,4-9,13-14,22H2,1-3H3. The summed E-state index contributed by atoms with van der Waals surface area (Å²) in [7, 11) is 0. The summed E-state index contributed by atoms with van der Waals surface area (Å²) in [5.74, 6) is 0. The van der Waals surface area contributed by atoms with E-state index in [2.05, 4.69) is 30.7 Å². The molecular formula is C20H30ClN3O. The van der Waals surface area contributed by atoms with Crippen LogP contribution >= 0.6 is 11.6 Å². The number of nitrogens with two attached hydrogens (primary N) is 1. The van der Waals surface area contributed by atoms with E-state index >= 15 is 0 Å². The second kappa shape index (κ2) is 9.35. The van der Waals surface area contributed by atoms with Crippen LogP contribution in [0.5, 0.6) is 0 Å². The lowest BCUT2D eigenvalue weighted by atomic mass is 9.98. The van der Waals surface area contributed by atoms with Crippen molar-refractivity contribution in [2.45, 2.75) is 71.3 Å². The summed E-state index contributed by atoms with van der Waals surface area (Å²) in [4.78, 5) is 8.69. The molecule has 2 rings (SSSR count). The van der Waals surface area contributed by atoms with Gasteiger partial charge in [0.15, 0.2) is 0 Å². The second-order valence-corrected chi connectivity index (χ2v) is 7.57. The number of nitrogen functional groups attached to an aromatic ring is 1. The minimum atomic E-state index is -0.323. The molecule has 2 N–H and O–H groups in total. The zero-order valence-electron chi connectivity index (χ0n) is 15.6. The number of hydrogen-bond acceptors (Lipinski definition) is 4. The van der Waals surface area contributed by atoms with Crippen LogP contribution in [0.4, 0.5) is 5.69 Å². The molecule has 0 amide bonds. The molecule has 0 saturated heterocycles. The Morgan fingerprint density at radius 1 is 1.08 bits per heavy atom. The third kappa shape index (κ3) is 6.12. The predicted molar refractivity (Wildman–Crippen MR) is 106 cm³/mol. The molecule has 1 aromatic carbocycles. The van der Waals surface area contributed by atoms with Crippen LogP contribution in [0.15, 0.2) is 18.2 Å². The first-order valence-corrected chi connectivity index (χ1v) is 9.65. The van der Waals surface area contributed by atoms with Crippen molar-refractivity contribution < 1.29 is 4.74 Å². The molecule has 0 radical (unpaired) electrons. The first-order chi connectivity index (χ1) is 11.9. The van der Waals surface area contributed by atoms with Crippen LogP contribution in [0, 0.1) is 0 Å². The number of unbranched alkanes of at least 4 members (excludes halogenated alkanes) is 5. The summed E-state index contributed by atoms with van der Waals surface area (Å²) >= 11 is 6.09. The van der Waals surface area contributed by atoms with E-state index in [1.54, 1.807) is 0 Å². The highest BCUT2D eigenvalue weighted by Gasteiger charge is 2.22. The Morgan fingerprint density at radius 3 is 2.56 bits per heavy atom. The SMILES string of the molecule is CCCCCCCCOC(C)(C)Cc1nc(Cl)nc2cccc(N)c12. The smallest absolute Gasteiger partial charge is 0.223 e. The van der Waals surface area contributed by atoms with Crippen molar-refractivity contribution in [1.82, 2.24) is 9.97 Å². The topological polar surface area (TPSA) is 61.0 Å². The van der Waals surface area contributed by atoms with Crippen molar-refractivity contribution in [1.29, 1.82) is 0 Å². The number of rotatable bonds is 10. The Balaban J connectivity index is 1.97. The maximum Gasteiger partial charge on any atom is 0.223 e. The molecule has 0 aliphatic rings. The average Bonchev–Trinajstić information content (AvgIpc) is 2.53. The molecule has 4 nitrogen and oxygen atoms in total. The molecule has 1 heterocycles. The number of ether oxygens (including phenoxy) is 1. The van der Waals surface area contributed by atoms with Crippen molar-refractivity contribution in [2.24, 2.45) is 0 Å². The van der Waals surface area contributed by atoms with Crippen LogP contribution in [-0.4, -0.2) is 22.2 Å². The third-order valence-corrected chi connectivity index (χ3v) is 4.56.